The van der Waals surface area contributed by atoms with E-state index in [4.69, 9.17) is 28.4 Å². The van der Waals surface area contributed by atoms with Crippen molar-refractivity contribution in [1.82, 2.24) is 0 Å². The molecule has 0 unspecified atom stereocenters. The Bertz CT molecular complexity index is 856. The van der Waals surface area contributed by atoms with Gasteiger partial charge >= 0.3 is 23.9 Å². The molecule has 1 saturated heterocycles. The molecule has 1 heterocycles. The largest absolute Gasteiger partial charge is 0.493 e. The molecule has 0 radical (unpaired) electrons. The van der Waals surface area contributed by atoms with Crippen LogP contribution in [0, 0.1) is 6.92 Å². The van der Waals surface area contributed by atoms with E-state index in [1.807, 2.05) is 31.2 Å². The van der Waals surface area contributed by atoms with Gasteiger partial charge < -0.3 is 28.4 Å². The summed E-state index contributed by atoms with van der Waals surface area (Å²) in [5, 5.41) is 0. The van der Waals surface area contributed by atoms with Crippen LogP contribution in [0.15, 0.2) is 24.3 Å². The van der Waals surface area contributed by atoms with Gasteiger partial charge in [-0.25, -0.2) is 0 Å². The van der Waals surface area contributed by atoms with Gasteiger partial charge in [-0.3, -0.25) is 19.2 Å². The number of carbonyl (C=O) groups excluding carboxylic acids is 4. The van der Waals surface area contributed by atoms with Crippen LogP contribution in [-0.2, 0) is 42.9 Å². The van der Waals surface area contributed by atoms with Gasteiger partial charge in [0.1, 0.15) is 23.9 Å². The zero-order valence-electron chi connectivity index (χ0n) is 19.8. The maximum atomic E-state index is 11.8. The molecule has 2 rings (SSSR count). The van der Waals surface area contributed by atoms with E-state index in [1.165, 1.54) is 39.5 Å². The summed E-state index contributed by atoms with van der Waals surface area (Å²) in [6.07, 6.45) is -4.37. The van der Waals surface area contributed by atoms with E-state index in [9.17, 15) is 19.2 Å². The summed E-state index contributed by atoms with van der Waals surface area (Å²) in [4.78, 5) is 46.8. The second kappa shape index (κ2) is 13.2. The molecule has 0 aromatic heterocycles. The fraction of sp³-hybridized carbons (Fsp3) is 0.565. The summed E-state index contributed by atoms with van der Waals surface area (Å²) in [6, 6.07) is 7.58. The zero-order chi connectivity index (χ0) is 25.3. The van der Waals surface area contributed by atoms with Gasteiger partial charge in [-0.1, -0.05) is 17.7 Å². The molecular formula is C23H30O10S. The number of carbonyl (C=O) groups is 4. The molecule has 1 aromatic carbocycles. The van der Waals surface area contributed by atoms with Crippen LogP contribution in [0.5, 0.6) is 5.75 Å². The van der Waals surface area contributed by atoms with Crippen molar-refractivity contribution in [3.8, 4) is 5.75 Å². The third-order valence-corrected chi connectivity index (χ3v) is 5.71. The molecule has 34 heavy (non-hydrogen) atoms. The van der Waals surface area contributed by atoms with E-state index >= 15 is 0 Å². The number of hydrogen-bond donors (Lipinski definition) is 0. The van der Waals surface area contributed by atoms with Crippen molar-refractivity contribution < 1.29 is 47.6 Å². The van der Waals surface area contributed by atoms with Crippen molar-refractivity contribution >= 4 is 35.6 Å². The summed E-state index contributed by atoms with van der Waals surface area (Å²) in [6.45, 7) is 6.84. The topological polar surface area (TPSA) is 124 Å². The molecular weight excluding hydrogens is 468 g/mol. The van der Waals surface area contributed by atoms with E-state index in [0.29, 0.717) is 18.1 Å². The first-order valence-electron chi connectivity index (χ1n) is 10.7. The molecule has 0 aliphatic carbocycles. The highest BCUT2D eigenvalue weighted by Gasteiger charge is 2.52. The van der Waals surface area contributed by atoms with Gasteiger partial charge in [-0.2, -0.15) is 0 Å². The van der Waals surface area contributed by atoms with Gasteiger partial charge in [0.05, 0.1) is 6.61 Å². The van der Waals surface area contributed by atoms with Crippen LogP contribution in [0.4, 0.5) is 0 Å². The quantitative estimate of drug-likeness (QED) is 0.268. The van der Waals surface area contributed by atoms with Crippen LogP contribution in [0.2, 0.25) is 0 Å². The van der Waals surface area contributed by atoms with E-state index in [1.54, 1.807) is 0 Å². The number of esters is 4. The van der Waals surface area contributed by atoms with Gasteiger partial charge in [-0.15, -0.1) is 11.8 Å². The molecule has 0 N–H and O–H groups in total. The summed E-state index contributed by atoms with van der Waals surface area (Å²) in [5.41, 5.74) is 0.293. The molecule has 0 saturated carbocycles. The highest BCUT2D eigenvalue weighted by atomic mass is 32.2. The first-order chi connectivity index (χ1) is 16.1. The number of ether oxygens (including phenoxy) is 6. The van der Waals surface area contributed by atoms with Crippen LogP contribution in [-0.4, -0.2) is 72.7 Å². The number of hydrogen-bond acceptors (Lipinski definition) is 11. The van der Waals surface area contributed by atoms with Gasteiger partial charge in [0, 0.05) is 33.4 Å². The Morgan fingerprint density at radius 1 is 0.824 bits per heavy atom. The third-order valence-electron chi connectivity index (χ3n) is 4.60. The fourth-order valence-corrected chi connectivity index (χ4v) is 4.31. The molecule has 1 fully saturated rings. The van der Waals surface area contributed by atoms with Crippen LogP contribution in [0.1, 0.15) is 33.3 Å². The van der Waals surface area contributed by atoms with Gasteiger partial charge in [0.2, 0.25) is 0 Å². The summed E-state index contributed by atoms with van der Waals surface area (Å²) in [5.74, 6) is -1.40. The lowest BCUT2D eigenvalue weighted by Gasteiger charge is -2.44. The first kappa shape index (κ1) is 27.5. The van der Waals surface area contributed by atoms with Gasteiger partial charge in [0.15, 0.2) is 18.3 Å². The van der Waals surface area contributed by atoms with Crippen molar-refractivity contribution in [2.75, 3.05) is 19.0 Å². The molecule has 0 spiro atoms. The Labute approximate surface area is 202 Å². The number of benzene rings is 1. The van der Waals surface area contributed by atoms with Crippen LogP contribution >= 0.6 is 11.8 Å². The van der Waals surface area contributed by atoms with Crippen molar-refractivity contribution in [2.24, 2.45) is 0 Å². The minimum absolute atomic E-state index is 0.255. The van der Waals surface area contributed by atoms with E-state index in [-0.39, 0.29) is 6.61 Å². The van der Waals surface area contributed by atoms with Crippen LogP contribution in [0.3, 0.4) is 0 Å². The van der Waals surface area contributed by atoms with Crippen molar-refractivity contribution in [3.05, 3.63) is 29.8 Å². The maximum Gasteiger partial charge on any atom is 0.303 e. The van der Waals surface area contributed by atoms with E-state index in [2.05, 4.69) is 0 Å². The molecule has 5 atom stereocenters. The van der Waals surface area contributed by atoms with Gasteiger partial charge in [-0.05, 0) is 19.1 Å². The standard InChI is InChI=1S/C23H30O10S/c1-13-6-8-18(9-7-13)28-10-11-34-23-22(32-17(5)27)21(31-16(4)26)20(30-15(3)25)19(33-23)12-29-14(2)24/h6-9,19-23H,10-12H2,1-5H3/t19-,20+,21+,22+,23+/m0/s1. The Kier molecular flexibility index (Phi) is 10.6. The first-order valence-corrected chi connectivity index (χ1v) is 11.7. The predicted molar refractivity (Wildman–Crippen MR) is 121 cm³/mol. The molecule has 1 aromatic rings. The van der Waals surface area contributed by atoms with Crippen molar-refractivity contribution in [3.63, 3.8) is 0 Å². The third kappa shape index (κ3) is 8.86. The predicted octanol–water partition coefficient (Wildman–Crippen LogP) is 2.19. The van der Waals surface area contributed by atoms with E-state index < -0.39 is 53.7 Å². The van der Waals surface area contributed by atoms with Gasteiger partial charge in [0.25, 0.3) is 0 Å². The smallest absolute Gasteiger partial charge is 0.303 e. The van der Waals surface area contributed by atoms with Crippen LogP contribution in [0.25, 0.3) is 0 Å². The lowest BCUT2D eigenvalue weighted by molar-refractivity contribution is -0.237. The molecule has 0 amide bonds. The number of aryl methyl sites for hydroxylation is 1. The summed E-state index contributed by atoms with van der Waals surface area (Å²) in [7, 11) is 0. The monoisotopic (exact) mass is 498 g/mol. The Balaban J connectivity index is 2.20. The fourth-order valence-electron chi connectivity index (χ4n) is 3.28. The summed E-state index contributed by atoms with van der Waals surface area (Å²) < 4.78 is 33.0. The SMILES string of the molecule is CC(=O)OC[C@@H]1O[C@H](SCCOc2ccc(C)cc2)[C@H](OC(C)=O)[C@H](OC(C)=O)[C@@H]1OC(C)=O. The lowest BCUT2D eigenvalue weighted by atomic mass is 9.99. The number of rotatable bonds is 10. The molecule has 1 aliphatic heterocycles. The molecule has 1 aliphatic rings. The molecule has 11 heteroatoms. The van der Waals surface area contributed by atoms with Crippen molar-refractivity contribution in [1.29, 1.82) is 0 Å². The Hall–Kier alpha value is -2.79. The highest BCUT2D eigenvalue weighted by Crippen LogP contribution is 2.34. The van der Waals surface area contributed by atoms with Crippen molar-refractivity contribution in [2.45, 2.75) is 64.5 Å². The maximum absolute atomic E-state index is 11.8. The molecule has 188 valence electrons. The zero-order valence-corrected chi connectivity index (χ0v) is 20.6. The molecule has 10 nitrogen and oxygen atoms in total. The Morgan fingerprint density at radius 3 is 1.94 bits per heavy atom. The highest BCUT2D eigenvalue weighted by molar-refractivity contribution is 7.99. The molecule has 0 bridgehead atoms. The second-order valence-corrected chi connectivity index (χ2v) is 8.81. The number of thioether (sulfide) groups is 1. The lowest BCUT2D eigenvalue weighted by Crippen LogP contribution is -2.61. The van der Waals surface area contributed by atoms with Crippen LogP contribution < -0.4 is 4.74 Å². The van der Waals surface area contributed by atoms with E-state index in [0.717, 1.165) is 5.56 Å². The Morgan fingerprint density at radius 2 is 1.38 bits per heavy atom. The second-order valence-electron chi connectivity index (χ2n) is 7.60. The minimum atomic E-state index is -1.17. The summed E-state index contributed by atoms with van der Waals surface area (Å²) >= 11 is 1.26. The average Bonchev–Trinajstić information content (AvgIpc) is 2.74. The minimum Gasteiger partial charge on any atom is -0.493 e. The normalized spacial score (nSPS) is 24.0. The average molecular weight is 499 g/mol.